The molecule has 1 aromatic rings. The molecule has 0 spiro atoms. The minimum atomic E-state index is -0.349. The van der Waals surface area contributed by atoms with E-state index in [9.17, 15) is 5.11 Å². The molecule has 1 N–H and O–H groups in total. The molecule has 3 heteroatoms. The lowest BCUT2D eigenvalue weighted by Crippen LogP contribution is -2.08. The molecule has 0 fully saturated rings. The smallest absolute Gasteiger partial charge is 0.0956 e. The van der Waals surface area contributed by atoms with E-state index in [-0.39, 0.29) is 6.10 Å². The molecule has 1 unspecified atom stereocenters. The number of aliphatic hydroxyl groups excluding tert-OH is 1. The van der Waals surface area contributed by atoms with Crippen LogP contribution < -0.4 is 0 Å². The second-order valence-corrected chi connectivity index (χ2v) is 4.75. The van der Waals surface area contributed by atoms with Crippen molar-refractivity contribution in [1.29, 1.82) is 0 Å². The lowest BCUT2D eigenvalue weighted by atomic mass is 10.1. The maximum absolute atomic E-state index is 10.1. The summed E-state index contributed by atoms with van der Waals surface area (Å²) in [6.07, 6.45) is 6.70. The van der Waals surface area contributed by atoms with Gasteiger partial charge in [0, 0.05) is 6.54 Å². The maximum Gasteiger partial charge on any atom is 0.0956 e. The average Bonchev–Trinajstić information content (AvgIpc) is 2.70. The summed E-state index contributed by atoms with van der Waals surface area (Å²) in [5.74, 6) is 0. The Hall–Kier alpha value is -0.830. The molecule has 0 aromatic carbocycles. The number of hydrogen-bond acceptors (Lipinski definition) is 2. The van der Waals surface area contributed by atoms with Crippen molar-refractivity contribution in [2.45, 2.75) is 71.9 Å². The highest BCUT2D eigenvalue weighted by Gasteiger charge is 2.13. The summed E-state index contributed by atoms with van der Waals surface area (Å²) >= 11 is 0. The second kappa shape index (κ2) is 7.49. The van der Waals surface area contributed by atoms with Crippen LogP contribution in [0.1, 0.15) is 69.9 Å². The van der Waals surface area contributed by atoms with E-state index < -0.39 is 0 Å². The fourth-order valence-electron chi connectivity index (χ4n) is 2.18. The maximum atomic E-state index is 10.1. The average molecular weight is 238 g/mol. The molecule has 3 nitrogen and oxygen atoms in total. The summed E-state index contributed by atoms with van der Waals surface area (Å²) in [5, 5.41) is 14.5. The van der Waals surface area contributed by atoms with Crippen LogP contribution >= 0.6 is 0 Å². The van der Waals surface area contributed by atoms with Crippen LogP contribution in [0.25, 0.3) is 0 Å². The predicted octanol–water partition coefficient (Wildman–Crippen LogP) is 3.61. The van der Waals surface area contributed by atoms with E-state index >= 15 is 0 Å². The normalized spacial score (nSPS) is 12.9. The Bertz CT molecular complexity index is 320. The van der Waals surface area contributed by atoms with Gasteiger partial charge in [-0.1, -0.05) is 39.0 Å². The van der Waals surface area contributed by atoms with Crippen LogP contribution in [0.4, 0.5) is 0 Å². The summed E-state index contributed by atoms with van der Waals surface area (Å²) in [6.45, 7) is 7.08. The zero-order valence-corrected chi connectivity index (χ0v) is 11.4. The van der Waals surface area contributed by atoms with Gasteiger partial charge in [-0.15, -0.1) is 0 Å². The molecule has 0 amide bonds. The van der Waals surface area contributed by atoms with Gasteiger partial charge in [-0.25, -0.2) is 0 Å². The molecule has 0 aliphatic heterocycles. The van der Waals surface area contributed by atoms with Crippen molar-refractivity contribution in [2.75, 3.05) is 0 Å². The number of nitrogens with zero attached hydrogens (tertiary/aromatic N) is 2. The Kier molecular flexibility index (Phi) is 6.27. The van der Waals surface area contributed by atoms with Gasteiger partial charge in [-0.2, -0.15) is 5.10 Å². The van der Waals surface area contributed by atoms with Crippen LogP contribution in [0.2, 0.25) is 0 Å². The van der Waals surface area contributed by atoms with Gasteiger partial charge in [-0.05, 0) is 26.3 Å². The first kappa shape index (κ1) is 14.2. The first-order chi connectivity index (χ1) is 8.19. The van der Waals surface area contributed by atoms with E-state index in [1.54, 1.807) is 0 Å². The quantitative estimate of drug-likeness (QED) is 0.703. The van der Waals surface area contributed by atoms with Crippen molar-refractivity contribution in [3.8, 4) is 0 Å². The van der Waals surface area contributed by atoms with E-state index in [0.717, 1.165) is 30.8 Å². The highest BCUT2D eigenvalue weighted by molar-refractivity contribution is 5.11. The third-order valence-electron chi connectivity index (χ3n) is 3.16. The monoisotopic (exact) mass is 238 g/mol. The minimum absolute atomic E-state index is 0.349. The fourth-order valence-corrected chi connectivity index (χ4v) is 2.18. The van der Waals surface area contributed by atoms with Crippen LogP contribution in [-0.4, -0.2) is 14.9 Å². The molecule has 0 saturated carbocycles. The van der Waals surface area contributed by atoms with Crippen LogP contribution in [-0.2, 0) is 6.54 Å². The van der Waals surface area contributed by atoms with Crippen molar-refractivity contribution in [3.05, 3.63) is 17.5 Å². The summed E-state index contributed by atoms with van der Waals surface area (Å²) in [7, 11) is 0. The molecular formula is C14H26N2O. The van der Waals surface area contributed by atoms with Gasteiger partial charge in [-0.3, -0.25) is 4.68 Å². The molecule has 0 aliphatic rings. The molecule has 0 aliphatic carbocycles. The highest BCUT2D eigenvalue weighted by Crippen LogP contribution is 2.21. The number of unbranched alkanes of at least 4 members (excludes halogenated alkanes) is 4. The Balaban J connectivity index is 2.38. The lowest BCUT2D eigenvalue weighted by Gasteiger charge is -2.12. The number of hydrogen-bond donors (Lipinski definition) is 1. The van der Waals surface area contributed by atoms with E-state index in [2.05, 4.69) is 18.9 Å². The zero-order chi connectivity index (χ0) is 12.7. The fraction of sp³-hybridized carbons (Fsp3) is 0.786. The second-order valence-electron chi connectivity index (χ2n) is 4.75. The van der Waals surface area contributed by atoms with Crippen LogP contribution in [0.15, 0.2) is 6.07 Å². The summed E-state index contributed by atoms with van der Waals surface area (Å²) < 4.78 is 1.91. The van der Waals surface area contributed by atoms with E-state index in [4.69, 9.17) is 0 Å². The van der Waals surface area contributed by atoms with Crippen molar-refractivity contribution < 1.29 is 5.11 Å². The SMILES string of the molecule is CCCCCCCC(O)c1cc(C)nn1CC. The van der Waals surface area contributed by atoms with E-state index in [1.807, 2.05) is 17.7 Å². The largest absolute Gasteiger partial charge is 0.387 e. The van der Waals surface area contributed by atoms with Gasteiger partial charge < -0.3 is 5.11 Å². The molecule has 1 rings (SSSR count). The van der Waals surface area contributed by atoms with Crippen molar-refractivity contribution in [2.24, 2.45) is 0 Å². The molecule has 0 radical (unpaired) electrons. The van der Waals surface area contributed by atoms with Crippen LogP contribution in [0, 0.1) is 6.92 Å². The van der Waals surface area contributed by atoms with Gasteiger partial charge >= 0.3 is 0 Å². The topological polar surface area (TPSA) is 38.1 Å². The molecule has 98 valence electrons. The lowest BCUT2D eigenvalue weighted by molar-refractivity contribution is 0.152. The molecule has 0 bridgehead atoms. The van der Waals surface area contributed by atoms with Gasteiger partial charge in [0.05, 0.1) is 17.5 Å². The van der Waals surface area contributed by atoms with Gasteiger partial charge in [0.15, 0.2) is 0 Å². The van der Waals surface area contributed by atoms with Crippen LogP contribution in [0.3, 0.4) is 0 Å². The van der Waals surface area contributed by atoms with Crippen molar-refractivity contribution in [1.82, 2.24) is 9.78 Å². The van der Waals surface area contributed by atoms with Crippen molar-refractivity contribution in [3.63, 3.8) is 0 Å². The molecule has 17 heavy (non-hydrogen) atoms. The van der Waals surface area contributed by atoms with Gasteiger partial charge in [0.2, 0.25) is 0 Å². The highest BCUT2D eigenvalue weighted by atomic mass is 16.3. The number of aromatic nitrogens is 2. The molecular weight excluding hydrogens is 212 g/mol. The summed E-state index contributed by atoms with van der Waals surface area (Å²) in [5.41, 5.74) is 1.97. The molecule has 1 atom stereocenters. The Morgan fingerprint density at radius 2 is 1.94 bits per heavy atom. The molecule has 1 aromatic heterocycles. The number of aliphatic hydroxyl groups is 1. The van der Waals surface area contributed by atoms with Crippen LogP contribution in [0.5, 0.6) is 0 Å². The first-order valence-electron chi connectivity index (χ1n) is 6.91. The summed E-state index contributed by atoms with van der Waals surface area (Å²) in [6, 6.07) is 2.00. The minimum Gasteiger partial charge on any atom is -0.387 e. The van der Waals surface area contributed by atoms with E-state index in [1.165, 1.54) is 25.7 Å². The Morgan fingerprint density at radius 3 is 2.59 bits per heavy atom. The number of aryl methyl sites for hydroxylation is 2. The third-order valence-corrected chi connectivity index (χ3v) is 3.16. The molecule has 1 heterocycles. The molecule has 0 saturated heterocycles. The predicted molar refractivity (Wildman–Crippen MR) is 71.0 cm³/mol. The van der Waals surface area contributed by atoms with Crippen molar-refractivity contribution >= 4 is 0 Å². The van der Waals surface area contributed by atoms with Gasteiger partial charge in [0.1, 0.15) is 0 Å². The summed E-state index contributed by atoms with van der Waals surface area (Å²) in [4.78, 5) is 0. The zero-order valence-electron chi connectivity index (χ0n) is 11.4. The third kappa shape index (κ3) is 4.50. The number of rotatable bonds is 8. The standard InChI is InChI=1S/C14H26N2O/c1-4-6-7-8-9-10-14(17)13-11-12(3)15-16(13)5-2/h11,14,17H,4-10H2,1-3H3. The Morgan fingerprint density at radius 1 is 1.24 bits per heavy atom. The van der Waals surface area contributed by atoms with Gasteiger partial charge in [0.25, 0.3) is 0 Å². The first-order valence-corrected chi connectivity index (χ1v) is 6.91. The van der Waals surface area contributed by atoms with E-state index in [0.29, 0.717) is 0 Å². The Labute approximate surface area is 105 Å².